The normalized spacial score (nSPS) is 11.3. The van der Waals surface area contributed by atoms with Crippen LogP contribution in [0.5, 0.6) is 0 Å². The van der Waals surface area contributed by atoms with Crippen LogP contribution in [0.3, 0.4) is 0 Å². The van der Waals surface area contributed by atoms with Gasteiger partial charge in [0, 0.05) is 11.1 Å². The van der Waals surface area contributed by atoms with Crippen molar-refractivity contribution in [3.8, 4) is 0 Å². The summed E-state index contributed by atoms with van der Waals surface area (Å²) in [6, 6.07) is 12.7. The topological polar surface area (TPSA) is 12.4 Å². The molecule has 0 fully saturated rings. The van der Waals surface area contributed by atoms with Crippen LogP contribution >= 0.6 is 27.3 Å². The van der Waals surface area contributed by atoms with Gasteiger partial charge in [-0.1, -0.05) is 31.9 Å². The molecule has 1 heterocycles. The van der Waals surface area contributed by atoms with E-state index < -0.39 is 0 Å². The molecule has 1 aromatic heterocycles. The molecule has 0 aliphatic carbocycles. The van der Waals surface area contributed by atoms with Crippen LogP contribution in [0.1, 0.15) is 36.6 Å². The standard InChI is InChI=1S/C16H18BrNS/c1-2-3-4-5-13-6-8-14(9-7-13)18-12-15-10-11-16(17)19-15/h6-12H,2-5H2,1H3. The number of rotatable bonds is 6. The molecule has 1 nitrogen and oxygen atoms in total. The molecule has 3 heteroatoms. The number of aryl methyl sites for hydroxylation is 1. The van der Waals surface area contributed by atoms with Gasteiger partial charge in [-0.25, -0.2) is 0 Å². The first-order valence-electron chi connectivity index (χ1n) is 6.66. The Labute approximate surface area is 127 Å². The van der Waals surface area contributed by atoms with Crippen LogP contribution in [-0.2, 0) is 6.42 Å². The van der Waals surface area contributed by atoms with E-state index in [-0.39, 0.29) is 0 Å². The van der Waals surface area contributed by atoms with E-state index in [2.05, 4.69) is 58.2 Å². The molecule has 0 N–H and O–H groups in total. The Morgan fingerprint density at radius 1 is 1.11 bits per heavy atom. The molecule has 0 unspecified atom stereocenters. The SMILES string of the molecule is CCCCCc1ccc(N=Cc2ccc(Br)s2)cc1. The zero-order chi connectivity index (χ0) is 13.5. The Morgan fingerprint density at radius 3 is 2.53 bits per heavy atom. The first kappa shape index (κ1) is 14.5. The summed E-state index contributed by atoms with van der Waals surface area (Å²) < 4.78 is 1.14. The lowest BCUT2D eigenvalue weighted by atomic mass is 10.1. The minimum Gasteiger partial charge on any atom is -0.255 e. The van der Waals surface area contributed by atoms with Crippen LogP contribution in [0.15, 0.2) is 45.2 Å². The molecule has 0 atom stereocenters. The van der Waals surface area contributed by atoms with E-state index >= 15 is 0 Å². The van der Waals surface area contributed by atoms with Crippen molar-refractivity contribution in [2.24, 2.45) is 4.99 Å². The summed E-state index contributed by atoms with van der Waals surface area (Å²) in [5, 5.41) is 0. The Hall–Kier alpha value is -0.930. The molecule has 100 valence electrons. The summed E-state index contributed by atoms with van der Waals surface area (Å²) in [7, 11) is 0. The third-order valence-corrected chi connectivity index (χ3v) is 4.50. The van der Waals surface area contributed by atoms with Gasteiger partial charge in [0.15, 0.2) is 0 Å². The quantitative estimate of drug-likeness (QED) is 0.453. The lowest BCUT2D eigenvalue weighted by molar-refractivity contribution is 0.717. The third-order valence-electron chi connectivity index (χ3n) is 2.94. The maximum atomic E-state index is 4.49. The summed E-state index contributed by atoms with van der Waals surface area (Å²) in [5.74, 6) is 0. The fourth-order valence-corrected chi connectivity index (χ4v) is 3.16. The zero-order valence-corrected chi connectivity index (χ0v) is 13.5. The van der Waals surface area contributed by atoms with Crippen molar-refractivity contribution in [2.75, 3.05) is 0 Å². The molecule has 0 spiro atoms. The molecule has 0 saturated heterocycles. The molecular weight excluding hydrogens is 318 g/mol. The van der Waals surface area contributed by atoms with Gasteiger partial charge in [-0.2, -0.15) is 0 Å². The fourth-order valence-electron chi connectivity index (χ4n) is 1.86. The van der Waals surface area contributed by atoms with Crippen molar-refractivity contribution in [2.45, 2.75) is 32.6 Å². The summed E-state index contributed by atoms with van der Waals surface area (Å²) in [6.45, 7) is 2.24. The van der Waals surface area contributed by atoms with Crippen LogP contribution in [0.2, 0.25) is 0 Å². The van der Waals surface area contributed by atoms with Crippen LogP contribution in [0.25, 0.3) is 0 Å². The maximum Gasteiger partial charge on any atom is 0.0705 e. The van der Waals surface area contributed by atoms with Crippen molar-refractivity contribution in [1.82, 2.24) is 0 Å². The Bertz CT molecular complexity index is 528. The van der Waals surface area contributed by atoms with Crippen molar-refractivity contribution < 1.29 is 0 Å². The smallest absolute Gasteiger partial charge is 0.0705 e. The third kappa shape index (κ3) is 4.92. The van der Waals surface area contributed by atoms with Gasteiger partial charge in [0.1, 0.15) is 0 Å². The van der Waals surface area contributed by atoms with Gasteiger partial charge in [-0.3, -0.25) is 4.99 Å². The molecule has 19 heavy (non-hydrogen) atoms. The lowest BCUT2D eigenvalue weighted by Crippen LogP contribution is -1.84. The van der Waals surface area contributed by atoms with Gasteiger partial charge in [0.05, 0.1) is 9.47 Å². The molecule has 0 bridgehead atoms. The van der Waals surface area contributed by atoms with E-state index in [4.69, 9.17) is 0 Å². The summed E-state index contributed by atoms with van der Waals surface area (Å²) in [6.07, 6.45) is 6.96. The molecule has 2 rings (SSSR count). The number of thiophene rings is 1. The van der Waals surface area contributed by atoms with E-state index in [0.29, 0.717) is 0 Å². The van der Waals surface area contributed by atoms with Gasteiger partial charge >= 0.3 is 0 Å². The highest BCUT2D eigenvalue weighted by Crippen LogP contribution is 2.21. The fraction of sp³-hybridized carbons (Fsp3) is 0.312. The highest BCUT2D eigenvalue weighted by molar-refractivity contribution is 9.11. The van der Waals surface area contributed by atoms with Gasteiger partial charge in [0.2, 0.25) is 0 Å². The second-order valence-electron chi connectivity index (χ2n) is 4.52. The van der Waals surface area contributed by atoms with Gasteiger partial charge in [-0.05, 0) is 58.6 Å². The molecule has 0 aliphatic rings. The first-order chi connectivity index (χ1) is 9.28. The highest BCUT2D eigenvalue weighted by Gasteiger charge is 1.95. The van der Waals surface area contributed by atoms with Crippen molar-refractivity contribution in [3.63, 3.8) is 0 Å². The largest absolute Gasteiger partial charge is 0.255 e. The Balaban J connectivity index is 1.93. The summed E-state index contributed by atoms with van der Waals surface area (Å²) >= 11 is 5.15. The number of aliphatic imine (C=N–C) groups is 1. The predicted octanol–water partition coefficient (Wildman–Crippen LogP) is 5.99. The molecule has 0 amide bonds. The minimum atomic E-state index is 1.02. The van der Waals surface area contributed by atoms with Gasteiger partial charge < -0.3 is 0 Å². The molecule has 0 saturated carbocycles. The first-order valence-corrected chi connectivity index (χ1v) is 8.27. The molecule has 0 radical (unpaired) electrons. The molecule has 0 aliphatic heterocycles. The maximum absolute atomic E-state index is 4.49. The van der Waals surface area contributed by atoms with Gasteiger partial charge in [0.25, 0.3) is 0 Å². The van der Waals surface area contributed by atoms with E-state index in [9.17, 15) is 0 Å². The van der Waals surface area contributed by atoms with Crippen LogP contribution in [0.4, 0.5) is 5.69 Å². The van der Waals surface area contributed by atoms with Crippen LogP contribution in [0, 0.1) is 0 Å². The second kappa shape index (κ2) is 7.61. The van der Waals surface area contributed by atoms with Crippen molar-refractivity contribution >= 4 is 39.2 Å². The average molecular weight is 336 g/mol. The van der Waals surface area contributed by atoms with E-state index in [0.717, 1.165) is 9.47 Å². The number of unbranched alkanes of at least 4 members (excludes halogenated alkanes) is 2. The Morgan fingerprint density at radius 2 is 1.89 bits per heavy atom. The van der Waals surface area contributed by atoms with E-state index in [1.54, 1.807) is 11.3 Å². The molecular formula is C16H18BrNS. The molecule has 1 aromatic carbocycles. The van der Waals surface area contributed by atoms with Crippen molar-refractivity contribution in [3.05, 3.63) is 50.6 Å². The number of nitrogens with zero attached hydrogens (tertiary/aromatic N) is 1. The number of benzene rings is 1. The lowest BCUT2D eigenvalue weighted by Gasteiger charge is -2.00. The molecule has 2 aromatic rings. The highest BCUT2D eigenvalue weighted by atomic mass is 79.9. The van der Waals surface area contributed by atoms with E-state index in [1.807, 2.05) is 12.3 Å². The minimum absolute atomic E-state index is 1.02. The predicted molar refractivity (Wildman–Crippen MR) is 88.9 cm³/mol. The van der Waals surface area contributed by atoms with Crippen molar-refractivity contribution in [1.29, 1.82) is 0 Å². The van der Waals surface area contributed by atoms with Gasteiger partial charge in [-0.15, -0.1) is 11.3 Å². The summed E-state index contributed by atoms with van der Waals surface area (Å²) in [5.41, 5.74) is 2.43. The summed E-state index contributed by atoms with van der Waals surface area (Å²) in [4.78, 5) is 5.66. The Kier molecular flexibility index (Phi) is 5.80. The average Bonchev–Trinajstić information content (AvgIpc) is 2.84. The number of halogens is 1. The number of hydrogen-bond donors (Lipinski definition) is 0. The monoisotopic (exact) mass is 335 g/mol. The zero-order valence-electron chi connectivity index (χ0n) is 11.1. The van der Waals surface area contributed by atoms with Crippen LogP contribution < -0.4 is 0 Å². The second-order valence-corrected chi connectivity index (χ2v) is 7.02. The van der Waals surface area contributed by atoms with E-state index in [1.165, 1.54) is 36.1 Å². The van der Waals surface area contributed by atoms with Crippen LogP contribution in [-0.4, -0.2) is 6.21 Å². The number of hydrogen-bond acceptors (Lipinski definition) is 2.